The molecule has 0 saturated carbocycles. The molecule has 0 spiro atoms. The molecule has 1 amide bonds. The molecule has 2 aromatic carbocycles. The van der Waals surface area contributed by atoms with Gasteiger partial charge < -0.3 is 14.4 Å². The highest BCUT2D eigenvalue weighted by molar-refractivity contribution is 6.06. The lowest BCUT2D eigenvalue weighted by Crippen LogP contribution is -2.53. The molecule has 2 aliphatic rings. The van der Waals surface area contributed by atoms with E-state index in [4.69, 9.17) is 0 Å². The van der Waals surface area contributed by atoms with Gasteiger partial charge >= 0.3 is 0 Å². The Bertz CT molecular complexity index is 1090. The molecule has 2 aliphatic heterocycles. The zero-order chi connectivity index (χ0) is 22.8. The maximum absolute atomic E-state index is 13.2. The number of benzene rings is 2. The lowest BCUT2D eigenvalue weighted by molar-refractivity contribution is 0.0313. The molecular formula is C28H36N4O. The van der Waals surface area contributed by atoms with Gasteiger partial charge in [0.1, 0.15) is 0 Å². The quantitative estimate of drug-likeness (QED) is 0.567. The third-order valence-corrected chi connectivity index (χ3v) is 7.96. The average molecular weight is 445 g/mol. The second kappa shape index (κ2) is 9.32. The van der Waals surface area contributed by atoms with Crippen molar-refractivity contribution in [2.45, 2.75) is 31.2 Å². The van der Waals surface area contributed by atoms with Gasteiger partial charge in [0, 0.05) is 68.5 Å². The smallest absolute Gasteiger partial charge is 0.254 e. The van der Waals surface area contributed by atoms with Crippen LogP contribution in [0.2, 0.25) is 0 Å². The van der Waals surface area contributed by atoms with Crippen LogP contribution < -0.4 is 0 Å². The van der Waals surface area contributed by atoms with Crippen molar-refractivity contribution in [1.82, 2.24) is 19.3 Å². The monoisotopic (exact) mass is 444 g/mol. The maximum Gasteiger partial charge on any atom is 0.254 e. The van der Waals surface area contributed by atoms with Crippen LogP contribution in [0.1, 0.15) is 41.6 Å². The molecule has 0 bridgehead atoms. The van der Waals surface area contributed by atoms with Crippen molar-refractivity contribution in [3.63, 3.8) is 0 Å². The number of piperidine rings is 1. The number of likely N-dealkylation sites (N-methyl/N-ethyl adjacent to an activating group) is 1. The van der Waals surface area contributed by atoms with E-state index in [2.05, 4.69) is 50.8 Å². The van der Waals surface area contributed by atoms with E-state index in [-0.39, 0.29) is 11.4 Å². The van der Waals surface area contributed by atoms with E-state index in [9.17, 15) is 4.79 Å². The van der Waals surface area contributed by atoms with E-state index >= 15 is 0 Å². The highest BCUT2D eigenvalue weighted by Gasteiger charge is 2.42. The molecular weight excluding hydrogens is 408 g/mol. The third kappa shape index (κ3) is 4.20. The average Bonchev–Trinajstić information content (AvgIpc) is 3.54. The zero-order valence-electron chi connectivity index (χ0n) is 20.0. The van der Waals surface area contributed by atoms with Gasteiger partial charge in [0.2, 0.25) is 0 Å². The predicted octanol–water partition coefficient (Wildman–Crippen LogP) is 4.34. The number of aryl methyl sites for hydroxylation is 1. The summed E-state index contributed by atoms with van der Waals surface area (Å²) in [5.41, 5.74) is 3.56. The summed E-state index contributed by atoms with van der Waals surface area (Å²) < 4.78 is 2.07. The van der Waals surface area contributed by atoms with Crippen molar-refractivity contribution < 1.29 is 4.79 Å². The van der Waals surface area contributed by atoms with Crippen LogP contribution in [-0.4, -0.2) is 71.5 Å². The number of carbonyl (C=O) groups excluding carboxylic acids is 1. The van der Waals surface area contributed by atoms with E-state index in [0.29, 0.717) is 0 Å². The molecule has 5 heteroatoms. The molecule has 174 valence electrons. The minimum absolute atomic E-state index is 0.111. The predicted molar refractivity (Wildman–Crippen MR) is 134 cm³/mol. The molecule has 1 aromatic heterocycles. The van der Waals surface area contributed by atoms with Crippen molar-refractivity contribution in [3.8, 4) is 0 Å². The highest BCUT2D eigenvalue weighted by Crippen LogP contribution is 2.40. The van der Waals surface area contributed by atoms with Crippen molar-refractivity contribution in [2.75, 3.05) is 46.3 Å². The SMILES string of the molecule is CN(CCN1CCC(c2ccccc2)(N2CCCC2)CC1)C(=O)c1cccc2c1ccn2C. The van der Waals surface area contributed by atoms with Crippen LogP contribution in [-0.2, 0) is 12.6 Å². The lowest BCUT2D eigenvalue weighted by atomic mass is 9.79. The Hall–Kier alpha value is -2.63. The number of amides is 1. The van der Waals surface area contributed by atoms with Crippen LogP contribution in [0, 0.1) is 0 Å². The standard InChI is InChI=1S/C28H36N4O/c1-29-18-13-24-25(11-8-12-26(24)29)27(33)30(2)21-22-31-19-14-28(15-20-31,32-16-6-7-17-32)23-9-4-3-5-10-23/h3-5,8-13,18H,6-7,14-17,19-22H2,1-2H3. The topological polar surface area (TPSA) is 31.7 Å². The summed E-state index contributed by atoms with van der Waals surface area (Å²) in [6, 6.07) is 19.2. The summed E-state index contributed by atoms with van der Waals surface area (Å²) in [6.45, 7) is 6.29. The van der Waals surface area contributed by atoms with Gasteiger partial charge in [-0.15, -0.1) is 0 Å². The molecule has 2 fully saturated rings. The van der Waals surface area contributed by atoms with Crippen LogP contribution in [0.25, 0.3) is 10.9 Å². The number of aromatic nitrogens is 1. The summed E-state index contributed by atoms with van der Waals surface area (Å²) >= 11 is 0. The number of likely N-dealkylation sites (tertiary alicyclic amines) is 2. The minimum Gasteiger partial charge on any atom is -0.351 e. The van der Waals surface area contributed by atoms with Crippen molar-refractivity contribution >= 4 is 16.8 Å². The highest BCUT2D eigenvalue weighted by atomic mass is 16.2. The second-order valence-electron chi connectivity index (χ2n) is 9.83. The van der Waals surface area contributed by atoms with Crippen molar-refractivity contribution in [2.24, 2.45) is 7.05 Å². The van der Waals surface area contributed by atoms with Crippen molar-refractivity contribution in [1.29, 1.82) is 0 Å². The Balaban J connectivity index is 1.22. The number of fused-ring (bicyclic) bond motifs is 1. The summed E-state index contributed by atoms with van der Waals surface area (Å²) in [4.78, 5) is 20.4. The summed E-state index contributed by atoms with van der Waals surface area (Å²) in [7, 11) is 3.96. The van der Waals surface area contributed by atoms with E-state index in [1.54, 1.807) is 0 Å². The molecule has 0 radical (unpaired) electrons. The fourth-order valence-electron chi connectivity index (χ4n) is 5.92. The largest absolute Gasteiger partial charge is 0.351 e. The fourth-order valence-corrected chi connectivity index (χ4v) is 5.92. The molecule has 33 heavy (non-hydrogen) atoms. The normalized spacial score (nSPS) is 19.2. The van der Waals surface area contributed by atoms with E-state index < -0.39 is 0 Å². The molecule has 3 aromatic rings. The van der Waals surface area contributed by atoms with Gasteiger partial charge in [0.15, 0.2) is 0 Å². The summed E-state index contributed by atoms with van der Waals surface area (Å²) in [5, 5.41) is 1.04. The Kier molecular flexibility index (Phi) is 6.26. The van der Waals surface area contributed by atoms with Crippen LogP contribution in [0.5, 0.6) is 0 Å². The van der Waals surface area contributed by atoms with Crippen LogP contribution in [0.3, 0.4) is 0 Å². The van der Waals surface area contributed by atoms with Gasteiger partial charge in [0.25, 0.3) is 5.91 Å². The molecule has 0 N–H and O–H groups in total. The number of hydrogen-bond donors (Lipinski definition) is 0. The van der Waals surface area contributed by atoms with Crippen LogP contribution in [0.4, 0.5) is 0 Å². The molecule has 0 unspecified atom stereocenters. The maximum atomic E-state index is 13.2. The number of hydrogen-bond acceptors (Lipinski definition) is 3. The first-order valence-electron chi connectivity index (χ1n) is 12.4. The Morgan fingerprint density at radius 2 is 1.67 bits per heavy atom. The van der Waals surface area contributed by atoms with Gasteiger partial charge in [-0.25, -0.2) is 0 Å². The van der Waals surface area contributed by atoms with Crippen LogP contribution in [0.15, 0.2) is 60.8 Å². The van der Waals surface area contributed by atoms with Gasteiger partial charge in [0.05, 0.1) is 0 Å². The van der Waals surface area contributed by atoms with E-state index in [1.807, 2.05) is 43.4 Å². The number of carbonyl (C=O) groups is 1. The van der Waals surface area contributed by atoms with Gasteiger partial charge in [-0.3, -0.25) is 9.69 Å². The fraction of sp³-hybridized carbons (Fsp3) is 0.464. The van der Waals surface area contributed by atoms with E-state index in [1.165, 1.54) is 31.5 Å². The Labute approximate surface area is 197 Å². The van der Waals surface area contributed by atoms with Crippen molar-refractivity contribution in [3.05, 3.63) is 71.9 Å². The first kappa shape index (κ1) is 22.2. The molecule has 3 heterocycles. The molecule has 5 nitrogen and oxygen atoms in total. The summed E-state index contributed by atoms with van der Waals surface area (Å²) in [6.07, 6.45) is 6.99. The molecule has 2 saturated heterocycles. The van der Waals surface area contributed by atoms with E-state index in [0.717, 1.165) is 55.5 Å². The number of rotatable bonds is 6. The first-order chi connectivity index (χ1) is 16.1. The first-order valence-corrected chi connectivity index (χ1v) is 12.4. The summed E-state index contributed by atoms with van der Waals surface area (Å²) in [5.74, 6) is 0.111. The Morgan fingerprint density at radius 3 is 2.39 bits per heavy atom. The second-order valence-corrected chi connectivity index (χ2v) is 9.83. The number of nitrogens with zero attached hydrogens (tertiary/aromatic N) is 4. The van der Waals surface area contributed by atoms with Gasteiger partial charge in [-0.2, -0.15) is 0 Å². The zero-order valence-corrected chi connectivity index (χ0v) is 20.0. The minimum atomic E-state index is 0.111. The third-order valence-electron chi connectivity index (χ3n) is 7.96. The van der Waals surface area contributed by atoms with Gasteiger partial charge in [-0.1, -0.05) is 36.4 Å². The van der Waals surface area contributed by atoms with Crippen LogP contribution >= 0.6 is 0 Å². The lowest BCUT2D eigenvalue weighted by Gasteiger charge is -2.48. The Morgan fingerprint density at radius 1 is 0.939 bits per heavy atom. The van der Waals surface area contributed by atoms with Gasteiger partial charge in [-0.05, 0) is 62.5 Å². The molecule has 0 aliphatic carbocycles. The molecule has 5 rings (SSSR count). The molecule has 0 atom stereocenters.